The molecule has 5 fully saturated rings. The van der Waals surface area contributed by atoms with E-state index in [9.17, 15) is 19.8 Å². The first kappa shape index (κ1) is 9.02. The van der Waals surface area contributed by atoms with Gasteiger partial charge in [0.1, 0.15) is 0 Å². The van der Waals surface area contributed by atoms with Crippen molar-refractivity contribution in [3.05, 3.63) is 0 Å². The number of hydrogen-bond acceptors (Lipinski definition) is 2. The first-order valence-electron chi connectivity index (χ1n) is 6.02. The molecule has 4 unspecified atom stereocenters. The van der Waals surface area contributed by atoms with Crippen molar-refractivity contribution in [2.24, 2.45) is 34.5 Å². The highest BCUT2D eigenvalue weighted by Gasteiger charge is 2.87. The molecule has 2 N–H and O–H groups in total. The Balaban J connectivity index is 2.00. The third-order valence-electron chi connectivity index (χ3n) is 6.26. The summed E-state index contributed by atoms with van der Waals surface area (Å²) < 4.78 is 0. The lowest BCUT2D eigenvalue weighted by Gasteiger charge is -2.43. The Morgan fingerprint density at radius 2 is 1.38 bits per heavy atom. The van der Waals surface area contributed by atoms with Crippen LogP contribution >= 0.6 is 0 Å². The van der Waals surface area contributed by atoms with E-state index < -0.39 is 22.8 Å². The first-order chi connectivity index (χ1) is 7.55. The summed E-state index contributed by atoms with van der Waals surface area (Å²) in [4.78, 5) is 23.3. The molecule has 5 rings (SSSR count). The highest BCUT2D eigenvalue weighted by molar-refractivity contribution is 5.91. The summed E-state index contributed by atoms with van der Waals surface area (Å²) in [6, 6.07) is 0. The molecule has 5 aliphatic rings. The van der Waals surface area contributed by atoms with Crippen molar-refractivity contribution in [1.29, 1.82) is 0 Å². The predicted molar refractivity (Wildman–Crippen MR) is 52.6 cm³/mol. The zero-order valence-electron chi connectivity index (χ0n) is 8.85. The molecule has 0 aromatic carbocycles. The standard InChI is InChI=1S/C12H14O4/c13-9(14)11-3-5-4-12(11,10(15)16)7-2-1-6(11)8(5)7/h5-8H,1-4H2,(H,13,14)(H,15,16). The first-order valence-corrected chi connectivity index (χ1v) is 6.02. The maximum absolute atomic E-state index is 11.7. The third-order valence-corrected chi connectivity index (χ3v) is 6.26. The van der Waals surface area contributed by atoms with Gasteiger partial charge in [-0.15, -0.1) is 0 Å². The molecule has 86 valence electrons. The Hall–Kier alpha value is -1.06. The molecule has 4 atom stereocenters. The van der Waals surface area contributed by atoms with Gasteiger partial charge >= 0.3 is 11.9 Å². The number of rotatable bonds is 2. The summed E-state index contributed by atoms with van der Waals surface area (Å²) in [5, 5.41) is 19.1. The molecule has 16 heavy (non-hydrogen) atoms. The monoisotopic (exact) mass is 222 g/mol. The molecule has 4 heteroatoms. The van der Waals surface area contributed by atoms with Crippen LogP contribution in [0, 0.1) is 34.5 Å². The Kier molecular flexibility index (Phi) is 1.21. The number of aliphatic carboxylic acids is 2. The Bertz CT molecular complexity index is 393. The summed E-state index contributed by atoms with van der Waals surface area (Å²) in [5.74, 6) is -0.578. The van der Waals surface area contributed by atoms with Crippen LogP contribution in [0.2, 0.25) is 0 Å². The minimum absolute atomic E-state index is 0.157. The van der Waals surface area contributed by atoms with Crippen molar-refractivity contribution in [2.45, 2.75) is 25.7 Å². The van der Waals surface area contributed by atoms with Gasteiger partial charge in [-0.05, 0) is 49.4 Å². The van der Waals surface area contributed by atoms with E-state index in [1.54, 1.807) is 0 Å². The largest absolute Gasteiger partial charge is 0.481 e. The minimum Gasteiger partial charge on any atom is -0.481 e. The van der Waals surface area contributed by atoms with E-state index in [1.807, 2.05) is 0 Å². The quantitative estimate of drug-likeness (QED) is 0.736. The van der Waals surface area contributed by atoms with E-state index in [-0.39, 0.29) is 11.8 Å². The molecular formula is C12H14O4. The topological polar surface area (TPSA) is 74.6 Å². The molecule has 0 heterocycles. The Morgan fingerprint density at radius 3 is 1.75 bits per heavy atom. The zero-order valence-corrected chi connectivity index (χ0v) is 8.85. The second-order valence-corrected chi connectivity index (χ2v) is 6.09. The highest BCUT2D eigenvalue weighted by atomic mass is 16.4. The van der Waals surface area contributed by atoms with Crippen LogP contribution in [-0.2, 0) is 9.59 Å². The number of carboxylic acids is 2. The van der Waals surface area contributed by atoms with Crippen molar-refractivity contribution >= 4 is 11.9 Å². The lowest BCUT2D eigenvalue weighted by atomic mass is 9.57. The molecule has 0 spiro atoms. The van der Waals surface area contributed by atoms with Crippen LogP contribution in [-0.4, -0.2) is 22.2 Å². The van der Waals surface area contributed by atoms with Crippen molar-refractivity contribution in [3.63, 3.8) is 0 Å². The zero-order chi connectivity index (χ0) is 11.3. The van der Waals surface area contributed by atoms with Crippen molar-refractivity contribution in [2.75, 3.05) is 0 Å². The van der Waals surface area contributed by atoms with Crippen LogP contribution in [0.25, 0.3) is 0 Å². The van der Waals surface area contributed by atoms with Crippen LogP contribution in [0.5, 0.6) is 0 Å². The Labute approximate surface area is 92.6 Å². The van der Waals surface area contributed by atoms with Gasteiger partial charge in [-0.2, -0.15) is 0 Å². The van der Waals surface area contributed by atoms with Gasteiger partial charge in [0.2, 0.25) is 0 Å². The summed E-state index contributed by atoms with van der Waals surface area (Å²) in [6.07, 6.45) is 3.13. The van der Waals surface area contributed by atoms with Crippen LogP contribution in [0.1, 0.15) is 25.7 Å². The van der Waals surface area contributed by atoms with E-state index in [2.05, 4.69) is 0 Å². The van der Waals surface area contributed by atoms with E-state index >= 15 is 0 Å². The van der Waals surface area contributed by atoms with Gasteiger partial charge < -0.3 is 10.2 Å². The molecule has 6 bridgehead atoms. The smallest absolute Gasteiger partial charge is 0.311 e. The van der Waals surface area contributed by atoms with Gasteiger partial charge in [-0.25, -0.2) is 0 Å². The SMILES string of the molecule is O=C(O)C12CC3CC1(C(=O)O)C1CCC2C31. The molecule has 0 saturated heterocycles. The van der Waals surface area contributed by atoms with Crippen LogP contribution < -0.4 is 0 Å². The maximum atomic E-state index is 11.7. The second-order valence-electron chi connectivity index (χ2n) is 6.09. The number of carbonyl (C=O) groups is 2. The normalized spacial score (nSPS) is 59.8. The number of carboxylic acid groups (broad SMARTS) is 2. The van der Waals surface area contributed by atoms with Gasteiger partial charge in [-0.1, -0.05) is 0 Å². The van der Waals surface area contributed by atoms with Gasteiger partial charge in [-0.3, -0.25) is 9.59 Å². The van der Waals surface area contributed by atoms with Gasteiger partial charge in [0.15, 0.2) is 0 Å². The average molecular weight is 222 g/mol. The van der Waals surface area contributed by atoms with Crippen LogP contribution in [0.3, 0.4) is 0 Å². The summed E-state index contributed by atoms with van der Waals surface area (Å²) in [5.41, 5.74) is -1.81. The van der Waals surface area contributed by atoms with Crippen LogP contribution in [0.4, 0.5) is 0 Å². The average Bonchev–Trinajstić information content (AvgIpc) is 2.94. The van der Waals surface area contributed by atoms with Crippen LogP contribution in [0.15, 0.2) is 0 Å². The van der Waals surface area contributed by atoms with E-state index in [1.165, 1.54) is 0 Å². The third kappa shape index (κ3) is 0.531. The molecular weight excluding hydrogens is 208 g/mol. The highest BCUT2D eigenvalue weighted by Crippen LogP contribution is 2.85. The molecule has 0 aliphatic heterocycles. The van der Waals surface area contributed by atoms with Crippen molar-refractivity contribution in [1.82, 2.24) is 0 Å². The minimum atomic E-state index is -0.906. The second kappa shape index (κ2) is 2.15. The fourth-order valence-corrected chi connectivity index (χ4v) is 6.20. The summed E-state index contributed by atoms with van der Waals surface area (Å²) in [6.45, 7) is 0. The fourth-order valence-electron chi connectivity index (χ4n) is 6.20. The molecule has 5 aliphatic carbocycles. The van der Waals surface area contributed by atoms with E-state index in [0.717, 1.165) is 12.8 Å². The molecule has 0 aromatic heterocycles. The molecule has 0 amide bonds. The molecule has 0 radical (unpaired) electrons. The summed E-state index contributed by atoms with van der Waals surface area (Å²) >= 11 is 0. The fraction of sp³-hybridized carbons (Fsp3) is 0.833. The molecule has 0 aromatic rings. The number of hydrogen-bond donors (Lipinski definition) is 2. The van der Waals surface area contributed by atoms with Crippen molar-refractivity contribution in [3.8, 4) is 0 Å². The van der Waals surface area contributed by atoms with Gasteiger partial charge in [0.05, 0.1) is 10.8 Å². The Morgan fingerprint density at radius 1 is 0.938 bits per heavy atom. The maximum Gasteiger partial charge on any atom is 0.311 e. The lowest BCUT2D eigenvalue weighted by Crippen LogP contribution is -2.52. The lowest BCUT2D eigenvalue weighted by molar-refractivity contribution is -0.177. The van der Waals surface area contributed by atoms with Crippen molar-refractivity contribution < 1.29 is 19.8 Å². The predicted octanol–water partition coefficient (Wildman–Crippen LogP) is 1.21. The molecule has 4 nitrogen and oxygen atoms in total. The van der Waals surface area contributed by atoms with E-state index in [4.69, 9.17) is 0 Å². The van der Waals surface area contributed by atoms with Gasteiger partial charge in [0, 0.05) is 0 Å². The van der Waals surface area contributed by atoms with E-state index in [0.29, 0.717) is 24.7 Å². The summed E-state index contributed by atoms with van der Waals surface area (Å²) in [7, 11) is 0. The van der Waals surface area contributed by atoms with Gasteiger partial charge in [0.25, 0.3) is 0 Å². The molecule has 5 saturated carbocycles.